The zero-order valence-electron chi connectivity index (χ0n) is 9.74. The monoisotopic (exact) mass is 267 g/mol. The molecule has 0 aliphatic carbocycles. The zero-order chi connectivity index (χ0) is 13.3. The van der Waals surface area contributed by atoms with Gasteiger partial charge >= 0.3 is 5.97 Å². The molecule has 6 heteroatoms. The van der Waals surface area contributed by atoms with Crippen LogP contribution < -0.4 is 0 Å². The summed E-state index contributed by atoms with van der Waals surface area (Å²) in [5, 5.41) is 18.5. The molecule has 1 saturated heterocycles. The molecule has 1 amide bonds. The van der Waals surface area contributed by atoms with E-state index in [1.54, 1.807) is 18.2 Å². The first kappa shape index (κ1) is 12.8. The van der Waals surface area contributed by atoms with Crippen molar-refractivity contribution in [2.45, 2.75) is 18.3 Å². The lowest BCUT2D eigenvalue weighted by Crippen LogP contribution is -2.41. The van der Waals surface area contributed by atoms with Gasteiger partial charge < -0.3 is 15.1 Å². The molecule has 0 saturated carbocycles. The van der Waals surface area contributed by atoms with Gasteiger partial charge in [-0.15, -0.1) is 11.8 Å². The number of rotatable bonds is 2. The fourth-order valence-corrected chi connectivity index (χ4v) is 3.52. The number of benzene rings is 1. The fraction of sp³-hybridized carbons (Fsp3) is 0.333. The third-order valence-corrected chi connectivity index (χ3v) is 4.16. The van der Waals surface area contributed by atoms with E-state index in [9.17, 15) is 14.7 Å². The van der Waals surface area contributed by atoms with Gasteiger partial charge in [0.1, 0.15) is 17.2 Å². The minimum absolute atomic E-state index is 0.0762. The predicted octanol–water partition coefficient (Wildman–Crippen LogP) is 1.44. The molecule has 0 spiro atoms. The number of carbonyl (C=O) groups is 2. The molecule has 18 heavy (non-hydrogen) atoms. The van der Waals surface area contributed by atoms with Crippen LogP contribution in [0.3, 0.4) is 0 Å². The van der Waals surface area contributed by atoms with Crippen LogP contribution in [0.15, 0.2) is 24.3 Å². The summed E-state index contributed by atoms with van der Waals surface area (Å²) in [6.07, 6.45) is 0. The molecule has 2 rings (SSSR count). The number of hydrogen-bond donors (Lipinski definition) is 2. The summed E-state index contributed by atoms with van der Waals surface area (Å²) in [5.74, 6) is -0.919. The number of nitrogens with zero attached hydrogens (tertiary/aromatic N) is 1. The van der Waals surface area contributed by atoms with Gasteiger partial charge in [0.05, 0.1) is 0 Å². The van der Waals surface area contributed by atoms with Crippen LogP contribution in [0.1, 0.15) is 17.9 Å². The SMILES string of the molecule is CC(=O)N1[C@H](C(=O)O)CS[C@H]1c1ccccc1O. The summed E-state index contributed by atoms with van der Waals surface area (Å²) in [6.45, 7) is 1.34. The molecule has 1 aromatic rings. The van der Waals surface area contributed by atoms with Crippen molar-refractivity contribution in [2.75, 3.05) is 5.75 Å². The highest BCUT2D eigenvalue weighted by atomic mass is 32.2. The topological polar surface area (TPSA) is 77.8 Å². The molecule has 1 heterocycles. The quantitative estimate of drug-likeness (QED) is 0.847. The number of para-hydroxylation sites is 1. The van der Waals surface area contributed by atoms with E-state index in [4.69, 9.17) is 5.11 Å². The van der Waals surface area contributed by atoms with E-state index in [1.807, 2.05) is 0 Å². The molecule has 96 valence electrons. The van der Waals surface area contributed by atoms with Crippen molar-refractivity contribution in [3.8, 4) is 5.75 Å². The van der Waals surface area contributed by atoms with Crippen molar-refractivity contribution < 1.29 is 19.8 Å². The summed E-state index contributed by atoms with van der Waals surface area (Å²) in [4.78, 5) is 24.0. The second-order valence-electron chi connectivity index (χ2n) is 4.02. The smallest absolute Gasteiger partial charge is 0.327 e. The van der Waals surface area contributed by atoms with Gasteiger partial charge in [-0.1, -0.05) is 18.2 Å². The lowest BCUT2D eigenvalue weighted by Gasteiger charge is -2.26. The van der Waals surface area contributed by atoms with Gasteiger partial charge in [0.2, 0.25) is 5.91 Å². The number of thioether (sulfide) groups is 1. The summed E-state index contributed by atoms with van der Waals surface area (Å²) < 4.78 is 0. The molecule has 2 N–H and O–H groups in total. The Morgan fingerprint density at radius 3 is 2.61 bits per heavy atom. The highest BCUT2D eigenvalue weighted by molar-refractivity contribution is 7.99. The largest absolute Gasteiger partial charge is 0.508 e. The second kappa shape index (κ2) is 4.89. The maximum absolute atomic E-state index is 11.6. The molecular formula is C12H13NO4S. The first-order valence-corrected chi connectivity index (χ1v) is 6.48. The first-order valence-electron chi connectivity index (χ1n) is 5.43. The molecule has 1 aliphatic rings. The van der Waals surface area contributed by atoms with Crippen LogP contribution in [0.25, 0.3) is 0 Å². The van der Waals surface area contributed by atoms with Crippen molar-refractivity contribution in [1.29, 1.82) is 0 Å². The molecule has 5 nitrogen and oxygen atoms in total. The van der Waals surface area contributed by atoms with Crippen molar-refractivity contribution in [1.82, 2.24) is 4.90 Å². The van der Waals surface area contributed by atoms with Crippen LogP contribution in [0.2, 0.25) is 0 Å². The maximum atomic E-state index is 11.6. The van der Waals surface area contributed by atoms with Crippen LogP contribution in [0.4, 0.5) is 0 Å². The average molecular weight is 267 g/mol. The Labute approximate surface area is 108 Å². The van der Waals surface area contributed by atoms with Crippen molar-refractivity contribution in [3.05, 3.63) is 29.8 Å². The average Bonchev–Trinajstić information content (AvgIpc) is 2.74. The summed E-state index contributed by atoms with van der Waals surface area (Å²) in [7, 11) is 0. The van der Waals surface area contributed by atoms with Gasteiger partial charge in [-0.2, -0.15) is 0 Å². The molecule has 0 aromatic heterocycles. The van der Waals surface area contributed by atoms with Gasteiger partial charge in [0.25, 0.3) is 0 Å². The minimum atomic E-state index is -1.02. The van der Waals surface area contributed by atoms with E-state index in [0.29, 0.717) is 11.3 Å². The van der Waals surface area contributed by atoms with Gasteiger partial charge in [-0.05, 0) is 6.07 Å². The molecule has 2 atom stereocenters. The van der Waals surface area contributed by atoms with Crippen LogP contribution in [-0.4, -0.2) is 38.8 Å². The standard InChI is InChI=1S/C12H13NO4S/c1-7(14)13-9(12(16)17)6-18-11(13)8-4-2-3-5-10(8)15/h2-5,9,11,15H,6H2,1H3,(H,16,17)/t9-,11-/m0/s1. The third kappa shape index (κ3) is 2.15. The van der Waals surface area contributed by atoms with E-state index in [0.717, 1.165) is 0 Å². The number of aliphatic carboxylic acids is 1. The Hall–Kier alpha value is -1.69. The molecule has 0 radical (unpaired) electrons. The van der Waals surface area contributed by atoms with E-state index in [-0.39, 0.29) is 11.7 Å². The predicted molar refractivity (Wildman–Crippen MR) is 67.2 cm³/mol. The number of aromatic hydroxyl groups is 1. The van der Waals surface area contributed by atoms with Crippen molar-refractivity contribution in [2.24, 2.45) is 0 Å². The second-order valence-corrected chi connectivity index (χ2v) is 5.14. The van der Waals surface area contributed by atoms with E-state index in [2.05, 4.69) is 0 Å². The Morgan fingerprint density at radius 2 is 2.06 bits per heavy atom. The Kier molecular flexibility index (Phi) is 3.47. The molecular weight excluding hydrogens is 254 g/mol. The van der Waals surface area contributed by atoms with Crippen LogP contribution >= 0.6 is 11.8 Å². The van der Waals surface area contributed by atoms with Gasteiger partial charge in [-0.25, -0.2) is 4.79 Å². The van der Waals surface area contributed by atoms with Crippen molar-refractivity contribution in [3.63, 3.8) is 0 Å². The molecule has 1 aliphatic heterocycles. The normalized spacial score (nSPS) is 23.1. The highest BCUT2D eigenvalue weighted by Gasteiger charge is 2.41. The number of hydrogen-bond acceptors (Lipinski definition) is 4. The Morgan fingerprint density at radius 1 is 1.39 bits per heavy atom. The van der Waals surface area contributed by atoms with Crippen LogP contribution in [0.5, 0.6) is 5.75 Å². The number of phenolic OH excluding ortho intramolecular Hbond substituents is 1. The number of carbonyl (C=O) groups excluding carboxylic acids is 1. The molecule has 1 aromatic carbocycles. The summed E-state index contributed by atoms with van der Waals surface area (Å²) in [6, 6.07) is 5.83. The van der Waals surface area contributed by atoms with Gasteiger partial charge in [0, 0.05) is 18.2 Å². The Balaban J connectivity index is 2.37. The van der Waals surface area contributed by atoms with Crippen molar-refractivity contribution >= 4 is 23.6 Å². The maximum Gasteiger partial charge on any atom is 0.327 e. The molecule has 0 bridgehead atoms. The van der Waals surface area contributed by atoms with E-state index in [1.165, 1.54) is 29.7 Å². The minimum Gasteiger partial charge on any atom is -0.508 e. The zero-order valence-corrected chi connectivity index (χ0v) is 10.6. The number of amides is 1. The first-order chi connectivity index (χ1) is 8.52. The third-order valence-electron chi connectivity index (χ3n) is 2.85. The number of carboxylic acid groups (broad SMARTS) is 1. The molecule has 0 unspecified atom stereocenters. The lowest BCUT2D eigenvalue weighted by molar-refractivity contribution is -0.148. The number of phenols is 1. The molecule has 1 fully saturated rings. The van der Waals surface area contributed by atoms with Crippen LogP contribution in [-0.2, 0) is 9.59 Å². The van der Waals surface area contributed by atoms with E-state index >= 15 is 0 Å². The summed E-state index contributed by atoms with van der Waals surface area (Å²) >= 11 is 1.35. The fourth-order valence-electron chi connectivity index (χ4n) is 2.02. The lowest BCUT2D eigenvalue weighted by atomic mass is 10.1. The Bertz CT molecular complexity index is 491. The van der Waals surface area contributed by atoms with Crippen LogP contribution in [0, 0.1) is 0 Å². The van der Waals surface area contributed by atoms with Gasteiger partial charge in [0.15, 0.2) is 0 Å². The highest BCUT2D eigenvalue weighted by Crippen LogP contribution is 2.44. The van der Waals surface area contributed by atoms with E-state index < -0.39 is 17.4 Å². The summed E-state index contributed by atoms with van der Waals surface area (Å²) in [5.41, 5.74) is 0.571. The van der Waals surface area contributed by atoms with Gasteiger partial charge in [-0.3, -0.25) is 4.79 Å². The number of carboxylic acids is 1.